The summed E-state index contributed by atoms with van der Waals surface area (Å²) in [5.74, 6) is -1.40. The molecule has 0 radical (unpaired) electrons. The summed E-state index contributed by atoms with van der Waals surface area (Å²) in [4.78, 5) is 33.1. The van der Waals surface area contributed by atoms with Crippen LogP contribution in [0.3, 0.4) is 0 Å². The van der Waals surface area contributed by atoms with Gasteiger partial charge in [0, 0.05) is 19.7 Å². The van der Waals surface area contributed by atoms with Gasteiger partial charge in [0.25, 0.3) is 5.69 Å². The average Bonchev–Trinajstić information content (AvgIpc) is 2.59. The number of carbonyl (C=O) groups is 1. The van der Waals surface area contributed by atoms with Crippen molar-refractivity contribution in [3.63, 3.8) is 0 Å². The number of benzene rings is 1. The molecule has 19 heavy (non-hydrogen) atoms. The van der Waals surface area contributed by atoms with E-state index in [1.165, 1.54) is 16.2 Å². The van der Waals surface area contributed by atoms with Gasteiger partial charge in [0.1, 0.15) is 5.56 Å². The first-order valence-corrected chi connectivity index (χ1v) is 5.49. The van der Waals surface area contributed by atoms with Crippen LogP contribution in [0.5, 0.6) is 0 Å². The van der Waals surface area contributed by atoms with Gasteiger partial charge in [0.2, 0.25) is 0 Å². The Labute approximate surface area is 106 Å². The van der Waals surface area contributed by atoms with E-state index in [1.807, 2.05) is 0 Å². The lowest BCUT2D eigenvalue weighted by Crippen LogP contribution is -2.21. The average molecular weight is 265 g/mol. The zero-order valence-corrected chi connectivity index (χ0v) is 10.3. The predicted molar refractivity (Wildman–Crippen MR) is 66.5 cm³/mol. The lowest BCUT2D eigenvalue weighted by atomic mass is 10.1. The molecule has 1 aromatic carbocycles. The normalized spacial score (nSPS) is 10.8. The standard InChI is InChI=1S/C11H11N3O5/c1-3-13-9-5-7(14(18)19)6(10(15)16)4-8(9)12(2)11(13)17/h4-5H,3H2,1-2H3,(H,15,16). The quantitative estimate of drug-likeness (QED) is 0.657. The minimum absolute atomic E-state index is 0.339. The number of fused-ring (bicyclic) bond motifs is 1. The largest absolute Gasteiger partial charge is 0.477 e. The summed E-state index contributed by atoms with van der Waals surface area (Å²) in [7, 11) is 1.49. The number of rotatable bonds is 3. The summed E-state index contributed by atoms with van der Waals surface area (Å²) in [6, 6.07) is 2.28. The van der Waals surface area contributed by atoms with Crippen molar-refractivity contribution < 1.29 is 14.8 Å². The fourth-order valence-electron chi connectivity index (χ4n) is 2.07. The number of imidazole rings is 1. The summed E-state index contributed by atoms with van der Waals surface area (Å²) in [5.41, 5.74) is -0.579. The van der Waals surface area contributed by atoms with Gasteiger partial charge in [-0.3, -0.25) is 19.2 Å². The molecule has 0 fully saturated rings. The molecule has 8 heteroatoms. The Kier molecular flexibility index (Phi) is 2.85. The van der Waals surface area contributed by atoms with Gasteiger partial charge in [-0.15, -0.1) is 0 Å². The molecule has 1 aromatic heterocycles. The summed E-state index contributed by atoms with van der Waals surface area (Å²) in [5, 5.41) is 19.9. The van der Waals surface area contributed by atoms with Gasteiger partial charge < -0.3 is 5.11 Å². The number of nitro groups is 1. The minimum Gasteiger partial charge on any atom is -0.477 e. The van der Waals surface area contributed by atoms with Crippen molar-refractivity contribution in [2.45, 2.75) is 13.5 Å². The van der Waals surface area contributed by atoms with E-state index in [4.69, 9.17) is 5.11 Å². The van der Waals surface area contributed by atoms with Crippen LogP contribution in [0.25, 0.3) is 11.0 Å². The monoisotopic (exact) mass is 265 g/mol. The molecule has 0 bridgehead atoms. The van der Waals surface area contributed by atoms with Gasteiger partial charge in [-0.25, -0.2) is 9.59 Å². The topological polar surface area (TPSA) is 107 Å². The van der Waals surface area contributed by atoms with Crippen LogP contribution in [0, 0.1) is 10.1 Å². The maximum Gasteiger partial charge on any atom is 0.342 e. The molecule has 0 amide bonds. The number of aromatic carboxylic acids is 1. The van der Waals surface area contributed by atoms with Crippen LogP contribution in [-0.4, -0.2) is 25.1 Å². The molecule has 8 nitrogen and oxygen atoms in total. The van der Waals surface area contributed by atoms with Gasteiger partial charge in [-0.1, -0.05) is 0 Å². The minimum atomic E-state index is -1.40. The maximum absolute atomic E-state index is 11.9. The van der Waals surface area contributed by atoms with Crippen LogP contribution in [-0.2, 0) is 13.6 Å². The molecule has 0 spiro atoms. The molecule has 1 N–H and O–H groups in total. The fourth-order valence-corrected chi connectivity index (χ4v) is 2.07. The van der Waals surface area contributed by atoms with Crippen LogP contribution >= 0.6 is 0 Å². The summed E-state index contributed by atoms with van der Waals surface area (Å²) in [6.07, 6.45) is 0. The Balaban J connectivity index is 2.97. The SMILES string of the molecule is CCn1c(=O)n(C)c2cc(C(=O)O)c([N+](=O)[O-])cc21. The second kappa shape index (κ2) is 4.23. The van der Waals surface area contributed by atoms with E-state index in [1.54, 1.807) is 6.92 Å². The zero-order chi connectivity index (χ0) is 14.3. The summed E-state index contributed by atoms with van der Waals surface area (Å²) < 4.78 is 2.63. The molecule has 0 aliphatic carbocycles. The molecule has 0 aliphatic heterocycles. The molecule has 2 aromatic rings. The predicted octanol–water partition coefficient (Wildman–Crippen LogP) is 0.966. The highest BCUT2D eigenvalue weighted by Gasteiger charge is 2.23. The van der Waals surface area contributed by atoms with E-state index in [2.05, 4.69) is 0 Å². The Morgan fingerprint density at radius 3 is 2.53 bits per heavy atom. The van der Waals surface area contributed by atoms with Gasteiger partial charge in [0.15, 0.2) is 0 Å². The highest BCUT2D eigenvalue weighted by Crippen LogP contribution is 2.25. The molecule has 0 saturated heterocycles. The number of nitro benzene ring substituents is 1. The molecule has 0 unspecified atom stereocenters. The molecule has 0 aliphatic rings. The number of hydrogen-bond donors (Lipinski definition) is 1. The van der Waals surface area contributed by atoms with E-state index in [-0.39, 0.29) is 5.69 Å². The third kappa shape index (κ3) is 1.77. The van der Waals surface area contributed by atoms with E-state index >= 15 is 0 Å². The van der Waals surface area contributed by atoms with Gasteiger partial charge >= 0.3 is 11.7 Å². The Bertz CT molecular complexity index is 756. The summed E-state index contributed by atoms with van der Waals surface area (Å²) >= 11 is 0. The second-order valence-corrected chi connectivity index (χ2v) is 4.01. The number of hydrogen-bond acceptors (Lipinski definition) is 4. The molecule has 100 valence electrons. The van der Waals surface area contributed by atoms with Gasteiger partial charge in [-0.05, 0) is 13.0 Å². The van der Waals surface area contributed by atoms with Crippen molar-refractivity contribution in [1.82, 2.24) is 9.13 Å². The van der Waals surface area contributed by atoms with E-state index in [0.717, 1.165) is 12.1 Å². The Morgan fingerprint density at radius 1 is 1.42 bits per heavy atom. The fraction of sp³-hybridized carbons (Fsp3) is 0.273. The van der Waals surface area contributed by atoms with Crippen LogP contribution in [0.1, 0.15) is 17.3 Å². The number of nitrogens with zero attached hydrogens (tertiary/aromatic N) is 3. The molecule has 2 rings (SSSR count). The maximum atomic E-state index is 11.9. The van der Waals surface area contributed by atoms with Crippen molar-refractivity contribution in [1.29, 1.82) is 0 Å². The highest BCUT2D eigenvalue weighted by molar-refractivity contribution is 5.97. The van der Waals surface area contributed by atoms with E-state index in [0.29, 0.717) is 17.6 Å². The van der Waals surface area contributed by atoms with Crippen molar-refractivity contribution in [2.24, 2.45) is 7.05 Å². The van der Waals surface area contributed by atoms with E-state index in [9.17, 15) is 19.7 Å². The van der Waals surface area contributed by atoms with Crippen LogP contribution in [0.2, 0.25) is 0 Å². The van der Waals surface area contributed by atoms with Crippen molar-refractivity contribution in [3.05, 3.63) is 38.3 Å². The van der Waals surface area contributed by atoms with Gasteiger partial charge in [-0.2, -0.15) is 0 Å². The summed E-state index contributed by atoms with van der Waals surface area (Å²) in [6.45, 7) is 2.08. The Morgan fingerprint density at radius 2 is 2.05 bits per heavy atom. The van der Waals surface area contributed by atoms with Crippen molar-refractivity contribution >= 4 is 22.7 Å². The number of carboxylic acids is 1. The highest BCUT2D eigenvalue weighted by atomic mass is 16.6. The van der Waals surface area contributed by atoms with Crippen molar-refractivity contribution in [3.8, 4) is 0 Å². The zero-order valence-electron chi connectivity index (χ0n) is 10.3. The Hall–Kier alpha value is -2.64. The lowest BCUT2D eigenvalue weighted by molar-refractivity contribution is -0.385. The number of aryl methyl sites for hydroxylation is 2. The number of carboxylic acid groups (broad SMARTS) is 1. The molecule has 0 saturated carbocycles. The smallest absolute Gasteiger partial charge is 0.342 e. The molecular weight excluding hydrogens is 254 g/mol. The number of aromatic nitrogens is 2. The van der Waals surface area contributed by atoms with E-state index < -0.39 is 22.1 Å². The third-order valence-corrected chi connectivity index (χ3v) is 3.01. The third-order valence-electron chi connectivity index (χ3n) is 3.01. The van der Waals surface area contributed by atoms with Crippen LogP contribution in [0.15, 0.2) is 16.9 Å². The first-order valence-electron chi connectivity index (χ1n) is 5.49. The molecular formula is C11H11N3O5. The first kappa shape index (κ1) is 12.8. The second-order valence-electron chi connectivity index (χ2n) is 4.01. The van der Waals surface area contributed by atoms with Crippen LogP contribution < -0.4 is 5.69 Å². The first-order chi connectivity index (χ1) is 8.88. The van der Waals surface area contributed by atoms with Crippen LogP contribution in [0.4, 0.5) is 5.69 Å². The molecule has 0 atom stereocenters. The van der Waals surface area contributed by atoms with Gasteiger partial charge in [0.05, 0.1) is 16.0 Å². The molecule has 1 heterocycles. The van der Waals surface area contributed by atoms with Crippen molar-refractivity contribution in [2.75, 3.05) is 0 Å². The lowest BCUT2D eigenvalue weighted by Gasteiger charge is -2.01.